The number of aromatic nitrogens is 1. The first-order chi connectivity index (χ1) is 11.7. The van der Waals surface area contributed by atoms with Gasteiger partial charge >= 0.3 is 0 Å². The van der Waals surface area contributed by atoms with Crippen molar-refractivity contribution in [2.45, 2.75) is 33.1 Å². The first kappa shape index (κ1) is 18.1. The summed E-state index contributed by atoms with van der Waals surface area (Å²) in [5, 5.41) is 0.763. The first-order valence-electron chi connectivity index (χ1n) is 8.22. The van der Waals surface area contributed by atoms with Crippen LogP contribution in [-0.2, 0) is 32.9 Å². The second-order valence-electron chi connectivity index (χ2n) is 6.02. The molecule has 1 aromatic heterocycles. The average Bonchev–Trinajstić information content (AvgIpc) is 3.14. The van der Waals surface area contributed by atoms with Gasteiger partial charge in [-0.1, -0.05) is 0 Å². The molecule has 7 nitrogen and oxygen atoms in total. The van der Waals surface area contributed by atoms with Crippen molar-refractivity contribution >= 4 is 36.6 Å². The minimum atomic E-state index is -3.47. The van der Waals surface area contributed by atoms with Crippen molar-refractivity contribution < 1.29 is 21.6 Å². The van der Waals surface area contributed by atoms with E-state index in [2.05, 4.69) is 4.72 Å². The molecule has 1 aliphatic rings. The fraction of sp³-hybridized carbons (Fsp3) is 0.500. The van der Waals surface area contributed by atoms with E-state index in [0.717, 1.165) is 29.5 Å². The number of anilines is 1. The monoisotopic (exact) mass is 386 g/mol. The second kappa shape index (κ2) is 6.21. The van der Waals surface area contributed by atoms with E-state index >= 15 is 0 Å². The molecule has 0 radical (unpaired) electrons. The molecule has 1 aliphatic carbocycles. The predicted molar refractivity (Wildman–Crippen MR) is 98.5 cm³/mol. The lowest BCUT2D eigenvalue weighted by molar-refractivity contribution is 0.417. The normalized spacial score (nSPS) is 14.7. The number of hydrogen-bond acceptors (Lipinski definition) is 5. The molecule has 0 atom stereocenters. The van der Waals surface area contributed by atoms with Crippen LogP contribution in [0.3, 0.4) is 0 Å². The molecule has 0 fully saturated rings. The van der Waals surface area contributed by atoms with Gasteiger partial charge < -0.3 is 4.74 Å². The number of ether oxygens (including phenoxy) is 1. The standard InChI is InChI=1S/C16H22N2O5S2/c1-4-24(19,20)17-13-9-12-11-7-6-8-14(11)18(25(21,22)5-2)15(12)10-16(13)23-3/h9-10,17H,4-8H2,1-3H3. The lowest BCUT2D eigenvalue weighted by Crippen LogP contribution is -2.17. The highest BCUT2D eigenvalue weighted by Crippen LogP contribution is 2.39. The van der Waals surface area contributed by atoms with Gasteiger partial charge in [-0.2, -0.15) is 0 Å². The van der Waals surface area contributed by atoms with Crippen molar-refractivity contribution in [3.8, 4) is 5.75 Å². The van der Waals surface area contributed by atoms with Crippen molar-refractivity contribution in [2.24, 2.45) is 0 Å². The van der Waals surface area contributed by atoms with Crippen LogP contribution in [0.4, 0.5) is 5.69 Å². The Balaban J connectivity index is 2.32. The molecular weight excluding hydrogens is 364 g/mol. The molecule has 3 rings (SSSR count). The van der Waals surface area contributed by atoms with E-state index in [0.29, 0.717) is 23.4 Å². The maximum Gasteiger partial charge on any atom is 0.238 e. The number of aryl methyl sites for hydroxylation is 1. The summed E-state index contributed by atoms with van der Waals surface area (Å²) in [7, 11) is -5.50. The van der Waals surface area contributed by atoms with Gasteiger partial charge in [-0.25, -0.2) is 20.8 Å². The summed E-state index contributed by atoms with van der Waals surface area (Å²) >= 11 is 0. The smallest absolute Gasteiger partial charge is 0.238 e. The predicted octanol–water partition coefficient (Wildman–Crippen LogP) is 2.10. The molecule has 1 aromatic carbocycles. The minimum Gasteiger partial charge on any atom is -0.494 e. The highest BCUT2D eigenvalue weighted by molar-refractivity contribution is 7.92. The molecule has 0 amide bonds. The highest BCUT2D eigenvalue weighted by atomic mass is 32.2. The third kappa shape index (κ3) is 2.99. The Bertz CT molecular complexity index is 1040. The minimum absolute atomic E-state index is 0.00422. The molecule has 9 heteroatoms. The van der Waals surface area contributed by atoms with E-state index in [1.165, 1.54) is 11.1 Å². The SMILES string of the molecule is CCS(=O)(=O)Nc1cc2c3c(n(S(=O)(=O)CC)c2cc1OC)CCC3. The molecule has 0 unspecified atom stereocenters. The Morgan fingerprint density at radius 2 is 1.84 bits per heavy atom. The number of rotatable bonds is 6. The number of fused-ring (bicyclic) bond motifs is 3. The van der Waals surface area contributed by atoms with E-state index in [9.17, 15) is 16.8 Å². The summed E-state index contributed by atoms with van der Waals surface area (Å²) in [5.41, 5.74) is 2.65. The summed E-state index contributed by atoms with van der Waals surface area (Å²) in [5.74, 6) is 0.237. The van der Waals surface area contributed by atoms with Crippen molar-refractivity contribution in [1.82, 2.24) is 3.97 Å². The van der Waals surface area contributed by atoms with Crippen LogP contribution >= 0.6 is 0 Å². The second-order valence-corrected chi connectivity index (χ2v) is 10.1. The Morgan fingerprint density at radius 1 is 1.12 bits per heavy atom. The summed E-state index contributed by atoms with van der Waals surface area (Å²) in [6, 6.07) is 3.29. The largest absolute Gasteiger partial charge is 0.494 e. The molecule has 2 aromatic rings. The van der Waals surface area contributed by atoms with Gasteiger partial charge in [0.05, 0.1) is 29.8 Å². The fourth-order valence-corrected chi connectivity index (χ4v) is 5.19. The lowest BCUT2D eigenvalue weighted by Gasteiger charge is -2.13. The summed E-state index contributed by atoms with van der Waals surface area (Å²) in [6.45, 7) is 3.17. The van der Waals surface area contributed by atoms with Crippen LogP contribution in [0, 0.1) is 0 Å². The zero-order valence-corrected chi connectivity index (χ0v) is 16.1. The number of hydrogen-bond donors (Lipinski definition) is 1. The van der Waals surface area contributed by atoms with Crippen molar-refractivity contribution in [3.63, 3.8) is 0 Å². The van der Waals surface area contributed by atoms with Crippen LogP contribution < -0.4 is 9.46 Å². The van der Waals surface area contributed by atoms with Crippen LogP contribution in [-0.4, -0.2) is 39.4 Å². The number of methoxy groups -OCH3 is 1. The molecular formula is C16H22N2O5S2. The van der Waals surface area contributed by atoms with Crippen molar-refractivity contribution in [3.05, 3.63) is 23.4 Å². The fourth-order valence-electron chi connectivity index (χ4n) is 3.30. The molecule has 0 bridgehead atoms. The van der Waals surface area contributed by atoms with Gasteiger partial charge in [-0.3, -0.25) is 4.72 Å². The maximum absolute atomic E-state index is 12.6. The van der Waals surface area contributed by atoms with Crippen LogP contribution in [0.25, 0.3) is 10.9 Å². The molecule has 1 N–H and O–H groups in total. The summed E-state index contributed by atoms with van der Waals surface area (Å²) < 4.78 is 58.4. The molecule has 1 heterocycles. The van der Waals surface area contributed by atoms with E-state index in [-0.39, 0.29) is 11.5 Å². The van der Waals surface area contributed by atoms with E-state index in [1.54, 1.807) is 26.0 Å². The third-order valence-corrected chi connectivity index (χ3v) is 7.58. The van der Waals surface area contributed by atoms with Gasteiger partial charge in [0, 0.05) is 17.1 Å². The molecule has 0 aliphatic heterocycles. The van der Waals surface area contributed by atoms with Crippen LogP contribution in [0.1, 0.15) is 31.5 Å². The first-order valence-corrected chi connectivity index (χ1v) is 11.5. The lowest BCUT2D eigenvalue weighted by atomic mass is 10.1. The molecule has 0 saturated carbocycles. The molecule has 0 saturated heterocycles. The van der Waals surface area contributed by atoms with Crippen LogP contribution in [0.15, 0.2) is 12.1 Å². The summed E-state index contributed by atoms with van der Waals surface area (Å²) in [6.07, 6.45) is 2.37. The topological polar surface area (TPSA) is 94.5 Å². The van der Waals surface area contributed by atoms with E-state index in [1.807, 2.05) is 0 Å². The Labute approximate surface area is 148 Å². The van der Waals surface area contributed by atoms with Gasteiger partial charge in [-0.05, 0) is 44.7 Å². The van der Waals surface area contributed by atoms with Gasteiger partial charge in [0.1, 0.15) is 5.75 Å². The van der Waals surface area contributed by atoms with Gasteiger partial charge in [0.15, 0.2) is 0 Å². The van der Waals surface area contributed by atoms with E-state index < -0.39 is 20.0 Å². The number of sulfonamides is 1. The maximum atomic E-state index is 12.6. The molecule has 25 heavy (non-hydrogen) atoms. The molecule has 0 spiro atoms. The van der Waals surface area contributed by atoms with Crippen molar-refractivity contribution in [2.75, 3.05) is 23.3 Å². The number of nitrogens with one attached hydrogen (secondary N) is 1. The Kier molecular flexibility index (Phi) is 4.48. The van der Waals surface area contributed by atoms with Gasteiger partial charge in [0.25, 0.3) is 0 Å². The average molecular weight is 386 g/mol. The van der Waals surface area contributed by atoms with Crippen molar-refractivity contribution in [1.29, 1.82) is 0 Å². The Morgan fingerprint density at radius 3 is 2.44 bits per heavy atom. The number of benzene rings is 1. The number of nitrogens with zero attached hydrogens (tertiary/aromatic N) is 1. The van der Waals surface area contributed by atoms with Gasteiger partial charge in [-0.15, -0.1) is 0 Å². The zero-order valence-electron chi connectivity index (χ0n) is 14.5. The Hall–Kier alpha value is -1.74. The van der Waals surface area contributed by atoms with Gasteiger partial charge in [0.2, 0.25) is 20.0 Å². The third-order valence-electron chi connectivity index (χ3n) is 4.58. The van der Waals surface area contributed by atoms with Crippen LogP contribution in [0.5, 0.6) is 5.75 Å². The summed E-state index contributed by atoms with van der Waals surface area (Å²) in [4.78, 5) is 0. The quantitative estimate of drug-likeness (QED) is 0.820. The van der Waals surface area contributed by atoms with E-state index in [4.69, 9.17) is 4.74 Å². The highest BCUT2D eigenvalue weighted by Gasteiger charge is 2.28. The zero-order chi connectivity index (χ0) is 18.4. The van der Waals surface area contributed by atoms with Crippen LogP contribution in [0.2, 0.25) is 0 Å². The molecule has 138 valence electrons.